The van der Waals surface area contributed by atoms with Crippen LogP contribution in [0.15, 0.2) is 0 Å². The summed E-state index contributed by atoms with van der Waals surface area (Å²) >= 11 is 0. The Morgan fingerprint density at radius 3 is 2.45 bits per heavy atom. The fourth-order valence-corrected chi connectivity index (χ4v) is 1.52. The molecule has 1 saturated carbocycles. The van der Waals surface area contributed by atoms with Gasteiger partial charge in [0.1, 0.15) is 6.54 Å². The molecule has 0 spiro atoms. The fraction of sp³-hybridized carbons (Fsp3) is 0.750. The van der Waals surface area contributed by atoms with Gasteiger partial charge in [0.25, 0.3) is 0 Å². The second kappa shape index (κ2) is 6.56. The van der Waals surface area contributed by atoms with Gasteiger partial charge in [-0.2, -0.15) is 0 Å². The number of carbonyl (C=O) groups excluding carboxylic acids is 2. The first-order valence-corrected chi connectivity index (χ1v) is 6.43. The van der Waals surface area contributed by atoms with Gasteiger partial charge < -0.3 is 25.2 Å². The van der Waals surface area contributed by atoms with Gasteiger partial charge in [-0.3, -0.25) is 4.79 Å². The summed E-state index contributed by atoms with van der Waals surface area (Å²) in [5.41, 5.74) is -2.05. The molecule has 1 atom stereocenters. The zero-order valence-corrected chi connectivity index (χ0v) is 11.6. The summed E-state index contributed by atoms with van der Waals surface area (Å²) in [6, 6.07) is -0.615. The average Bonchev–Trinajstić information content (AvgIpc) is 3.17. The number of amides is 2. The molecule has 1 rings (SSSR count). The van der Waals surface area contributed by atoms with Gasteiger partial charge in [-0.15, -0.1) is 0 Å². The molecule has 8 nitrogen and oxygen atoms in total. The van der Waals surface area contributed by atoms with Crippen LogP contribution in [0.25, 0.3) is 0 Å². The van der Waals surface area contributed by atoms with Crippen molar-refractivity contribution in [2.24, 2.45) is 0 Å². The van der Waals surface area contributed by atoms with Gasteiger partial charge in [0.05, 0.1) is 13.2 Å². The quantitative estimate of drug-likeness (QED) is 0.547. The van der Waals surface area contributed by atoms with Gasteiger partial charge in [-0.25, -0.2) is 9.59 Å². The van der Waals surface area contributed by atoms with Crippen LogP contribution in [0.3, 0.4) is 0 Å². The predicted octanol–water partition coefficient (Wildman–Crippen LogP) is -0.441. The number of aliphatic carboxylic acids is 1. The van der Waals surface area contributed by atoms with Gasteiger partial charge in [-0.05, 0) is 26.7 Å². The van der Waals surface area contributed by atoms with E-state index in [0.29, 0.717) is 0 Å². The van der Waals surface area contributed by atoms with E-state index in [1.54, 1.807) is 6.92 Å². The number of hydrogen-bond acceptors (Lipinski definition) is 5. The maximum absolute atomic E-state index is 11.9. The molecule has 3 N–H and O–H groups in total. The highest BCUT2D eigenvalue weighted by molar-refractivity contribution is 5.83. The summed E-state index contributed by atoms with van der Waals surface area (Å²) in [6.07, 6.45) is 1.59. The first-order chi connectivity index (χ1) is 9.27. The highest BCUT2D eigenvalue weighted by atomic mass is 16.5. The lowest BCUT2D eigenvalue weighted by Crippen LogP contribution is -2.51. The molecule has 20 heavy (non-hydrogen) atoms. The molecule has 0 aromatic heterocycles. The van der Waals surface area contributed by atoms with Gasteiger partial charge in [0.15, 0.2) is 5.60 Å². The highest BCUT2D eigenvalue weighted by Crippen LogP contribution is 2.26. The first-order valence-electron chi connectivity index (χ1n) is 6.43. The van der Waals surface area contributed by atoms with Crippen LogP contribution < -0.4 is 5.32 Å². The number of nitrogens with one attached hydrogen (secondary N) is 1. The maximum Gasteiger partial charge on any atom is 0.337 e. The number of ether oxygens (including phenoxy) is 1. The van der Waals surface area contributed by atoms with E-state index in [0.717, 1.165) is 19.8 Å². The molecule has 0 aliphatic heterocycles. The molecule has 0 aromatic carbocycles. The third-order valence-corrected chi connectivity index (χ3v) is 2.90. The molecule has 2 amide bonds. The summed E-state index contributed by atoms with van der Waals surface area (Å²) in [4.78, 5) is 35.4. The van der Waals surface area contributed by atoms with Crippen LogP contribution in [-0.4, -0.2) is 64.4 Å². The maximum atomic E-state index is 11.9. The van der Waals surface area contributed by atoms with E-state index in [2.05, 4.69) is 5.32 Å². The van der Waals surface area contributed by atoms with Gasteiger partial charge in [-0.1, -0.05) is 0 Å². The molecule has 114 valence electrons. The topological polar surface area (TPSA) is 116 Å². The second-order valence-electron chi connectivity index (χ2n) is 4.90. The summed E-state index contributed by atoms with van der Waals surface area (Å²) in [5.74, 6) is -1.94. The fourth-order valence-electron chi connectivity index (χ4n) is 1.52. The average molecular weight is 288 g/mol. The minimum absolute atomic E-state index is 0.0332. The molecule has 0 heterocycles. The van der Waals surface area contributed by atoms with Crippen LogP contribution >= 0.6 is 0 Å². The second-order valence-corrected chi connectivity index (χ2v) is 4.90. The molecule has 0 bridgehead atoms. The minimum Gasteiger partial charge on any atom is -0.479 e. The van der Waals surface area contributed by atoms with Gasteiger partial charge in [0, 0.05) is 6.04 Å². The van der Waals surface area contributed by atoms with E-state index in [1.807, 2.05) is 0 Å². The summed E-state index contributed by atoms with van der Waals surface area (Å²) in [5, 5.41) is 20.6. The monoisotopic (exact) mass is 288 g/mol. The number of carbonyl (C=O) groups is 3. The molecule has 1 fully saturated rings. The predicted molar refractivity (Wildman–Crippen MR) is 68.0 cm³/mol. The van der Waals surface area contributed by atoms with Crippen molar-refractivity contribution in [3.05, 3.63) is 0 Å². The SMILES string of the molecule is CCOC(=O)CN(C(=O)NCC(C)(O)C(=O)O)C1CC1. The van der Waals surface area contributed by atoms with E-state index in [1.165, 1.54) is 4.90 Å². The molecule has 8 heteroatoms. The Kier molecular flexibility index (Phi) is 5.32. The molecular weight excluding hydrogens is 268 g/mol. The van der Waals surface area contributed by atoms with E-state index in [-0.39, 0.29) is 19.2 Å². The van der Waals surface area contributed by atoms with E-state index >= 15 is 0 Å². The van der Waals surface area contributed by atoms with E-state index < -0.39 is 30.1 Å². The van der Waals surface area contributed by atoms with Crippen LogP contribution in [0.5, 0.6) is 0 Å². The summed E-state index contributed by atoms with van der Waals surface area (Å²) in [6.45, 7) is 2.37. The smallest absolute Gasteiger partial charge is 0.337 e. The molecule has 1 aliphatic rings. The van der Waals surface area contributed by atoms with Crippen molar-refractivity contribution in [2.45, 2.75) is 38.3 Å². The first kappa shape index (κ1) is 16.2. The van der Waals surface area contributed by atoms with Crippen molar-refractivity contribution in [3.8, 4) is 0 Å². The number of rotatable bonds is 7. The Labute approximate surface area is 116 Å². The lowest BCUT2D eigenvalue weighted by atomic mass is 10.1. The number of aliphatic hydroxyl groups is 1. The molecule has 1 unspecified atom stereocenters. The van der Waals surface area contributed by atoms with Crippen molar-refractivity contribution in [3.63, 3.8) is 0 Å². The largest absolute Gasteiger partial charge is 0.479 e. The number of esters is 1. The summed E-state index contributed by atoms with van der Waals surface area (Å²) in [7, 11) is 0. The van der Waals surface area contributed by atoms with Crippen molar-refractivity contribution in [1.29, 1.82) is 0 Å². The number of carboxylic acids is 1. The van der Waals surface area contributed by atoms with E-state index in [4.69, 9.17) is 9.84 Å². The third kappa shape index (κ3) is 4.69. The Hall–Kier alpha value is -1.83. The van der Waals surface area contributed by atoms with Gasteiger partial charge in [0.2, 0.25) is 0 Å². The number of carboxylic acid groups (broad SMARTS) is 1. The summed E-state index contributed by atoms with van der Waals surface area (Å²) < 4.78 is 4.78. The Morgan fingerprint density at radius 2 is 2.00 bits per heavy atom. The highest BCUT2D eigenvalue weighted by Gasteiger charge is 2.36. The van der Waals surface area contributed by atoms with Crippen molar-refractivity contribution < 1.29 is 29.3 Å². The number of hydrogen-bond donors (Lipinski definition) is 3. The zero-order chi connectivity index (χ0) is 15.3. The molecule has 0 saturated heterocycles. The van der Waals surface area contributed by atoms with E-state index in [9.17, 15) is 19.5 Å². The zero-order valence-electron chi connectivity index (χ0n) is 11.6. The standard InChI is InChI=1S/C12H20N2O6/c1-3-20-9(15)6-14(8-4-5-8)11(18)13-7-12(2,19)10(16)17/h8,19H,3-7H2,1-2H3,(H,13,18)(H,16,17). The molecule has 1 aliphatic carbocycles. The normalized spacial score (nSPS) is 16.9. The Balaban J connectivity index is 2.53. The van der Waals surface area contributed by atoms with Crippen LogP contribution in [0.1, 0.15) is 26.7 Å². The third-order valence-electron chi connectivity index (χ3n) is 2.90. The van der Waals surface area contributed by atoms with Crippen molar-refractivity contribution >= 4 is 18.0 Å². The molecule has 0 aromatic rings. The number of nitrogens with zero attached hydrogens (tertiary/aromatic N) is 1. The lowest BCUT2D eigenvalue weighted by molar-refractivity contribution is -0.155. The Morgan fingerprint density at radius 1 is 1.40 bits per heavy atom. The molecule has 0 radical (unpaired) electrons. The molecular formula is C12H20N2O6. The van der Waals surface area contributed by atoms with Crippen LogP contribution in [-0.2, 0) is 14.3 Å². The van der Waals surface area contributed by atoms with Crippen LogP contribution in [0.2, 0.25) is 0 Å². The number of urea groups is 1. The van der Waals surface area contributed by atoms with Crippen molar-refractivity contribution in [2.75, 3.05) is 19.7 Å². The van der Waals surface area contributed by atoms with Crippen molar-refractivity contribution in [1.82, 2.24) is 10.2 Å². The van der Waals surface area contributed by atoms with Gasteiger partial charge >= 0.3 is 18.0 Å². The minimum atomic E-state index is -2.05. The Bertz CT molecular complexity index is 391. The van der Waals surface area contributed by atoms with Crippen LogP contribution in [0.4, 0.5) is 4.79 Å². The lowest BCUT2D eigenvalue weighted by Gasteiger charge is -2.24. The van der Waals surface area contributed by atoms with Crippen LogP contribution in [0, 0.1) is 0 Å².